The second kappa shape index (κ2) is 7.55. The van der Waals surface area contributed by atoms with Gasteiger partial charge >= 0.3 is 0 Å². The van der Waals surface area contributed by atoms with Crippen LogP contribution in [0.25, 0.3) is 0 Å². The van der Waals surface area contributed by atoms with E-state index in [1.54, 1.807) is 12.1 Å². The summed E-state index contributed by atoms with van der Waals surface area (Å²) in [4.78, 5) is 0. The van der Waals surface area contributed by atoms with Gasteiger partial charge in [0.15, 0.2) is 11.5 Å². The molecule has 0 aliphatic rings. The van der Waals surface area contributed by atoms with Crippen molar-refractivity contribution in [3.05, 3.63) is 17.7 Å². The molecule has 1 N–H and O–H groups in total. The summed E-state index contributed by atoms with van der Waals surface area (Å²) in [5.41, 5.74) is 0.554. The average Bonchev–Trinajstić information content (AvgIpc) is 2.41. The summed E-state index contributed by atoms with van der Waals surface area (Å²) in [5.74, 6) is 3.87. The topological polar surface area (TPSA) is 47.9 Å². The molecule has 1 unspecified atom stereocenters. The Labute approximate surface area is 114 Å². The van der Waals surface area contributed by atoms with Crippen molar-refractivity contribution in [3.8, 4) is 29.6 Å². The quantitative estimate of drug-likeness (QED) is 0.769. The van der Waals surface area contributed by atoms with Gasteiger partial charge in [-0.3, -0.25) is 0 Å². The molecule has 0 aliphatic carbocycles. The summed E-state index contributed by atoms with van der Waals surface area (Å²) in [6, 6.07) is 3.36. The summed E-state index contributed by atoms with van der Waals surface area (Å²) in [5, 5.41) is 9.75. The number of hydrogen-bond donors (Lipinski definition) is 1. The Bertz CT molecular complexity index is 421. The molecule has 0 radical (unpaired) electrons. The van der Waals surface area contributed by atoms with Gasteiger partial charge in [-0.15, -0.1) is 6.42 Å². The fourth-order valence-electron chi connectivity index (χ4n) is 1.66. The number of benzene rings is 1. The van der Waals surface area contributed by atoms with E-state index in [4.69, 9.17) is 20.6 Å². The summed E-state index contributed by atoms with van der Waals surface area (Å²) in [6.45, 7) is 7.11. The van der Waals surface area contributed by atoms with Crippen LogP contribution in [-0.2, 0) is 0 Å². The Kier molecular flexibility index (Phi) is 6.04. The van der Waals surface area contributed by atoms with Gasteiger partial charge in [-0.1, -0.05) is 5.92 Å². The van der Waals surface area contributed by atoms with E-state index in [9.17, 15) is 5.11 Å². The second-order valence-corrected chi connectivity index (χ2v) is 3.71. The Morgan fingerprint density at radius 2 is 1.53 bits per heavy atom. The summed E-state index contributed by atoms with van der Waals surface area (Å²) >= 11 is 0. The minimum atomic E-state index is -0.992. The van der Waals surface area contributed by atoms with Gasteiger partial charge < -0.3 is 19.3 Å². The highest BCUT2D eigenvalue weighted by atomic mass is 16.5. The van der Waals surface area contributed by atoms with E-state index in [1.165, 1.54) is 0 Å². The summed E-state index contributed by atoms with van der Waals surface area (Å²) < 4.78 is 16.6. The average molecular weight is 264 g/mol. The smallest absolute Gasteiger partial charge is 0.203 e. The number of aliphatic hydroxyl groups excluding tert-OH is 1. The molecule has 0 saturated carbocycles. The Hall–Kier alpha value is -1.86. The third-order valence-corrected chi connectivity index (χ3v) is 2.41. The first-order valence-electron chi connectivity index (χ1n) is 6.38. The van der Waals surface area contributed by atoms with Crippen LogP contribution in [0, 0.1) is 12.3 Å². The molecule has 19 heavy (non-hydrogen) atoms. The lowest BCUT2D eigenvalue weighted by Crippen LogP contribution is -2.05. The molecule has 104 valence electrons. The van der Waals surface area contributed by atoms with E-state index in [1.807, 2.05) is 20.8 Å². The molecule has 0 aliphatic heterocycles. The first-order chi connectivity index (χ1) is 9.17. The van der Waals surface area contributed by atoms with E-state index in [0.29, 0.717) is 42.6 Å². The zero-order valence-electron chi connectivity index (χ0n) is 11.6. The van der Waals surface area contributed by atoms with Crippen molar-refractivity contribution in [2.24, 2.45) is 0 Å². The second-order valence-electron chi connectivity index (χ2n) is 3.71. The normalized spacial score (nSPS) is 11.5. The van der Waals surface area contributed by atoms with Gasteiger partial charge in [-0.05, 0) is 32.9 Å². The minimum Gasteiger partial charge on any atom is -0.490 e. The zero-order valence-corrected chi connectivity index (χ0v) is 11.6. The van der Waals surface area contributed by atoms with E-state index in [0.717, 1.165) is 0 Å². The Morgan fingerprint density at radius 3 is 1.89 bits per heavy atom. The van der Waals surface area contributed by atoms with E-state index in [-0.39, 0.29) is 0 Å². The van der Waals surface area contributed by atoms with Gasteiger partial charge in [0, 0.05) is 5.56 Å². The fourth-order valence-corrected chi connectivity index (χ4v) is 1.66. The number of ether oxygens (including phenoxy) is 3. The van der Waals surface area contributed by atoms with E-state index < -0.39 is 6.10 Å². The van der Waals surface area contributed by atoms with Crippen molar-refractivity contribution in [1.82, 2.24) is 0 Å². The van der Waals surface area contributed by atoms with Crippen LogP contribution in [0.5, 0.6) is 17.2 Å². The van der Waals surface area contributed by atoms with Crippen LogP contribution in [0.4, 0.5) is 0 Å². The maximum Gasteiger partial charge on any atom is 0.203 e. The first kappa shape index (κ1) is 15.2. The first-order valence-corrected chi connectivity index (χ1v) is 6.38. The van der Waals surface area contributed by atoms with E-state index >= 15 is 0 Å². The largest absolute Gasteiger partial charge is 0.490 e. The molecule has 1 rings (SSSR count). The molecular formula is C15H20O4. The molecule has 4 heteroatoms. The standard InChI is InChI=1S/C15H20O4/c1-5-12(16)11-9-13(17-6-2)15(19-8-4)14(10-11)18-7-3/h1,9-10,12,16H,6-8H2,2-4H3. The fraction of sp³-hybridized carbons (Fsp3) is 0.467. The SMILES string of the molecule is C#CC(O)c1cc(OCC)c(OCC)c(OCC)c1. The molecule has 1 atom stereocenters. The van der Waals surface area contributed by atoms with Gasteiger partial charge in [0.25, 0.3) is 0 Å². The van der Waals surface area contributed by atoms with Crippen molar-refractivity contribution in [2.75, 3.05) is 19.8 Å². The van der Waals surface area contributed by atoms with Crippen LogP contribution < -0.4 is 14.2 Å². The van der Waals surface area contributed by atoms with Crippen molar-refractivity contribution < 1.29 is 19.3 Å². The van der Waals surface area contributed by atoms with Crippen molar-refractivity contribution in [1.29, 1.82) is 0 Å². The highest BCUT2D eigenvalue weighted by Gasteiger charge is 2.17. The highest BCUT2D eigenvalue weighted by Crippen LogP contribution is 2.40. The lowest BCUT2D eigenvalue weighted by molar-refractivity contribution is 0.232. The number of hydrogen-bond acceptors (Lipinski definition) is 4. The van der Waals surface area contributed by atoms with Crippen LogP contribution in [0.1, 0.15) is 32.4 Å². The van der Waals surface area contributed by atoms with E-state index in [2.05, 4.69) is 5.92 Å². The predicted molar refractivity (Wildman–Crippen MR) is 73.7 cm³/mol. The molecule has 0 bridgehead atoms. The van der Waals surface area contributed by atoms with Gasteiger partial charge in [0.05, 0.1) is 19.8 Å². The maximum absolute atomic E-state index is 9.75. The number of aliphatic hydroxyl groups is 1. The lowest BCUT2D eigenvalue weighted by Gasteiger charge is -2.17. The lowest BCUT2D eigenvalue weighted by atomic mass is 10.1. The third kappa shape index (κ3) is 3.80. The minimum absolute atomic E-state index is 0.487. The van der Waals surface area contributed by atoms with Gasteiger partial charge in [0.2, 0.25) is 5.75 Å². The van der Waals surface area contributed by atoms with Crippen molar-refractivity contribution >= 4 is 0 Å². The predicted octanol–water partition coefficient (Wildman–Crippen LogP) is 2.55. The molecule has 0 amide bonds. The molecule has 1 aromatic carbocycles. The van der Waals surface area contributed by atoms with Crippen LogP contribution in [0.2, 0.25) is 0 Å². The van der Waals surface area contributed by atoms with Gasteiger partial charge in [-0.25, -0.2) is 0 Å². The van der Waals surface area contributed by atoms with Crippen molar-refractivity contribution in [3.63, 3.8) is 0 Å². The van der Waals surface area contributed by atoms with Crippen LogP contribution >= 0.6 is 0 Å². The van der Waals surface area contributed by atoms with Crippen LogP contribution in [0.15, 0.2) is 12.1 Å². The molecule has 0 fully saturated rings. The summed E-state index contributed by atoms with van der Waals surface area (Å²) in [7, 11) is 0. The zero-order chi connectivity index (χ0) is 14.3. The Morgan fingerprint density at radius 1 is 1.05 bits per heavy atom. The molecule has 0 aromatic heterocycles. The summed E-state index contributed by atoms with van der Waals surface area (Å²) in [6.07, 6.45) is 4.24. The van der Waals surface area contributed by atoms with Gasteiger partial charge in [0.1, 0.15) is 6.10 Å². The number of rotatable bonds is 7. The number of terminal acetylenes is 1. The molecule has 0 heterocycles. The van der Waals surface area contributed by atoms with Crippen LogP contribution in [-0.4, -0.2) is 24.9 Å². The third-order valence-electron chi connectivity index (χ3n) is 2.41. The molecule has 0 saturated heterocycles. The molecule has 0 spiro atoms. The monoisotopic (exact) mass is 264 g/mol. The van der Waals surface area contributed by atoms with Gasteiger partial charge in [-0.2, -0.15) is 0 Å². The maximum atomic E-state index is 9.75. The molecule has 4 nitrogen and oxygen atoms in total. The molecular weight excluding hydrogens is 244 g/mol. The molecule has 1 aromatic rings. The van der Waals surface area contributed by atoms with Crippen LogP contribution in [0.3, 0.4) is 0 Å². The Balaban J connectivity index is 3.30. The highest BCUT2D eigenvalue weighted by molar-refractivity contribution is 5.55. The van der Waals surface area contributed by atoms with Crippen molar-refractivity contribution in [2.45, 2.75) is 26.9 Å².